The van der Waals surface area contributed by atoms with Crippen molar-refractivity contribution in [1.82, 2.24) is 24.6 Å². The van der Waals surface area contributed by atoms with Crippen molar-refractivity contribution >= 4 is 11.6 Å². The molecule has 1 N–H and O–H groups in total. The number of halogens is 1. The number of phenols is 1. The molecule has 3 heterocycles. The number of hydrogen-bond donors (Lipinski definition) is 1. The van der Waals surface area contributed by atoms with E-state index in [-0.39, 0.29) is 5.75 Å². The van der Waals surface area contributed by atoms with E-state index < -0.39 is 0 Å². The van der Waals surface area contributed by atoms with Crippen LogP contribution in [-0.4, -0.2) is 62.6 Å². The Bertz CT molecular complexity index is 889. The minimum atomic E-state index is 0.106. The third-order valence-electron chi connectivity index (χ3n) is 4.52. The van der Waals surface area contributed by atoms with Crippen LogP contribution in [-0.2, 0) is 11.3 Å². The van der Waals surface area contributed by atoms with Crippen LogP contribution in [0.2, 0.25) is 5.02 Å². The number of nitrogens with zero attached hydrogens (tertiary/aromatic N) is 5. The average Bonchev–Trinajstić information content (AvgIpc) is 3.12. The summed E-state index contributed by atoms with van der Waals surface area (Å²) in [6.45, 7) is 5.08. The molecule has 0 amide bonds. The lowest BCUT2D eigenvalue weighted by Gasteiger charge is -2.26. The molecule has 1 aliphatic rings. The SMILES string of the molecule is Oc1cc(Cl)cc(-c2nn(CCN3CCOCC3)cc2-c2ccncn2)c1. The highest BCUT2D eigenvalue weighted by Crippen LogP contribution is 2.33. The molecule has 2 aromatic heterocycles. The quantitative estimate of drug-likeness (QED) is 0.727. The Morgan fingerprint density at radius 3 is 2.74 bits per heavy atom. The summed E-state index contributed by atoms with van der Waals surface area (Å²) in [5.41, 5.74) is 3.13. The Morgan fingerprint density at radius 2 is 2.00 bits per heavy atom. The smallest absolute Gasteiger partial charge is 0.117 e. The summed E-state index contributed by atoms with van der Waals surface area (Å²) in [4.78, 5) is 10.7. The monoisotopic (exact) mass is 385 g/mol. The van der Waals surface area contributed by atoms with Gasteiger partial charge >= 0.3 is 0 Å². The van der Waals surface area contributed by atoms with Gasteiger partial charge in [0.25, 0.3) is 0 Å². The van der Waals surface area contributed by atoms with Gasteiger partial charge in [-0.2, -0.15) is 5.10 Å². The Morgan fingerprint density at radius 1 is 1.15 bits per heavy atom. The lowest BCUT2D eigenvalue weighted by molar-refractivity contribution is 0.0360. The maximum Gasteiger partial charge on any atom is 0.117 e. The lowest BCUT2D eigenvalue weighted by atomic mass is 10.1. The van der Waals surface area contributed by atoms with Crippen molar-refractivity contribution in [2.75, 3.05) is 32.8 Å². The minimum absolute atomic E-state index is 0.106. The predicted molar refractivity (Wildman–Crippen MR) is 103 cm³/mol. The van der Waals surface area contributed by atoms with Gasteiger partial charge in [-0.1, -0.05) is 11.6 Å². The highest BCUT2D eigenvalue weighted by atomic mass is 35.5. The Kier molecular flexibility index (Phi) is 5.33. The number of phenolic OH excluding ortho intramolecular Hbond substituents is 1. The van der Waals surface area contributed by atoms with Gasteiger partial charge in [0.2, 0.25) is 0 Å². The molecule has 0 unspecified atom stereocenters. The highest BCUT2D eigenvalue weighted by molar-refractivity contribution is 6.31. The molecule has 0 saturated carbocycles. The second-order valence-electron chi connectivity index (χ2n) is 6.40. The second-order valence-corrected chi connectivity index (χ2v) is 6.84. The molecule has 140 valence electrons. The first-order valence-corrected chi connectivity index (χ1v) is 9.21. The number of morpholine rings is 1. The van der Waals surface area contributed by atoms with E-state index in [2.05, 4.69) is 14.9 Å². The molecule has 0 radical (unpaired) electrons. The molecular formula is C19H20ClN5O2. The van der Waals surface area contributed by atoms with Gasteiger partial charge in [0, 0.05) is 48.2 Å². The van der Waals surface area contributed by atoms with Gasteiger partial charge in [-0.15, -0.1) is 0 Å². The molecule has 1 aromatic carbocycles. The third kappa shape index (κ3) is 4.27. The Hall–Kier alpha value is -2.48. The van der Waals surface area contributed by atoms with Crippen molar-refractivity contribution in [3.63, 3.8) is 0 Å². The van der Waals surface area contributed by atoms with Crippen molar-refractivity contribution in [1.29, 1.82) is 0 Å². The van der Waals surface area contributed by atoms with E-state index in [9.17, 15) is 5.11 Å². The van der Waals surface area contributed by atoms with Crippen LogP contribution < -0.4 is 0 Å². The number of hydrogen-bond acceptors (Lipinski definition) is 6. The van der Waals surface area contributed by atoms with Crippen LogP contribution in [0.3, 0.4) is 0 Å². The van der Waals surface area contributed by atoms with Gasteiger partial charge in [0.15, 0.2) is 0 Å². The molecule has 4 rings (SSSR count). The van der Waals surface area contributed by atoms with Crippen molar-refractivity contribution < 1.29 is 9.84 Å². The first kappa shape index (κ1) is 17.9. The molecule has 0 spiro atoms. The fourth-order valence-electron chi connectivity index (χ4n) is 3.17. The zero-order chi connectivity index (χ0) is 18.6. The topological polar surface area (TPSA) is 76.3 Å². The van der Waals surface area contributed by atoms with Gasteiger partial charge in [-0.3, -0.25) is 9.58 Å². The van der Waals surface area contributed by atoms with E-state index in [4.69, 9.17) is 21.4 Å². The summed E-state index contributed by atoms with van der Waals surface area (Å²) >= 11 is 6.13. The van der Waals surface area contributed by atoms with Gasteiger partial charge in [0.05, 0.1) is 25.5 Å². The standard InChI is InChI=1S/C19H20ClN5O2/c20-15-9-14(10-16(26)11-15)19-17(18-1-2-21-13-22-18)12-25(23-19)4-3-24-5-7-27-8-6-24/h1-2,9-13,26H,3-8H2. The Balaban J connectivity index is 1.66. The normalized spacial score (nSPS) is 15.1. The van der Waals surface area contributed by atoms with E-state index in [1.165, 1.54) is 12.4 Å². The third-order valence-corrected chi connectivity index (χ3v) is 4.74. The van der Waals surface area contributed by atoms with Crippen LogP contribution >= 0.6 is 11.6 Å². The van der Waals surface area contributed by atoms with E-state index in [1.54, 1.807) is 18.3 Å². The van der Waals surface area contributed by atoms with Crippen LogP contribution in [0.15, 0.2) is 43.0 Å². The number of ether oxygens (including phenoxy) is 1. The molecular weight excluding hydrogens is 366 g/mol. The summed E-state index contributed by atoms with van der Waals surface area (Å²) in [6, 6.07) is 6.80. The van der Waals surface area contributed by atoms with E-state index in [0.717, 1.165) is 61.9 Å². The van der Waals surface area contributed by atoms with E-state index in [1.807, 2.05) is 16.9 Å². The first-order chi connectivity index (χ1) is 13.2. The van der Waals surface area contributed by atoms with E-state index in [0.29, 0.717) is 5.02 Å². The zero-order valence-corrected chi connectivity index (χ0v) is 15.5. The van der Waals surface area contributed by atoms with Crippen LogP contribution in [0.1, 0.15) is 0 Å². The highest BCUT2D eigenvalue weighted by Gasteiger charge is 2.17. The van der Waals surface area contributed by atoms with Crippen LogP contribution in [0.4, 0.5) is 0 Å². The van der Waals surface area contributed by atoms with Crippen LogP contribution in [0.25, 0.3) is 22.5 Å². The minimum Gasteiger partial charge on any atom is -0.508 e. The molecule has 1 aliphatic heterocycles. The molecule has 0 aliphatic carbocycles. The average molecular weight is 386 g/mol. The molecule has 0 atom stereocenters. The fraction of sp³-hybridized carbons (Fsp3) is 0.316. The van der Waals surface area contributed by atoms with Crippen LogP contribution in [0.5, 0.6) is 5.75 Å². The Labute approximate surface area is 162 Å². The van der Waals surface area contributed by atoms with Gasteiger partial charge < -0.3 is 9.84 Å². The number of benzene rings is 1. The zero-order valence-electron chi connectivity index (χ0n) is 14.8. The van der Waals surface area contributed by atoms with Gasteiger partial charge in [0.1, 0.15) is 17.8 Å². The fourth-order valence-corrected chi connectivity index (χ4v) is 3.40. The molecule has 0 bridgehead atoms. The summed E-state index contributed by atoms with van der Waals surface area (Å²) < 4.78 is 7.32. The van der Waals surface area contributed by atoms with E-state index >= 15 is 0 Å². The van der Waals surface area contributed by atoms with Crippen LogP contribution in [0, 0.1) is 0 Å². The lowest BCUT2D eigenvalue weighted by Crippen LogP contribution is -2.38. The summed E-state index contributed by atoms with van der Waals surface area (Å²) in [5.74, 6) is 0.106. The second kappa shape index (κ2) is 8.04. The van der Waals surface area contributed by atoms with Crippen molar-refractivity contribution in [2.24, 2.45) is 0 Å². The molecule has 1 saturated heterocycles. The molecule has 27 heavy (non-hydrogen) atoms. The molecule has 1 fully saturated rings. The summed E-state index contributed by atoms with van der Waals surface area (Å²) in [7, 11) is 0. The van der Waals surface area contributed by atoms with Gasteiger partial charge in [-0.25, -0.2) is 9.97 Å². The maximum atomic E-state index is 9.93. The summed E-state index contributed by atoms with van der Waals surface area (Å²) in [6.07, 6.45) is 5.20. The maximum absolute atomic E-state index is 9.93. The molecule has 3 aromatic rings. The number of aromatic hydroxyl groups is 1. The molecule has 8 heteroatoms. The van der Waals surface area contributed by atoms with Gasteiger partial charge in [-0.05, 0) is 24.3 Å². The first-order valence-electron chi connectivity index (χ1n) is 8.83. The number of rotatable bonds is 5. The number of aromatic nitrogens is 4. The van der Waals surface area contributed by atoms with Crippen molar-refractivity contribution in [3.05, 3.63) is 48.0 Å². The van der Waals surface area contributed by atoms with Crippen molar-refractivity contribution in [2.45, 2.75) is 6.54 Å². The molecule has 7 nitrogen and oxygen atoms in total. The van der Waals surface area contributed by atoms with Crippen molar-refractivity contribution in [3.8, 4) is 28.3 Å². The largest absolute Gasteiger partial charge is 0.508 e. The predicted octanol–water partition coefficient (Wildman–Crippen LogP) is 2.70. The summed E-state index contributed by atoms with van der Waals surface area (Å²) in [5, 5.41) is 15.1.